The second-order valence-electron chi connectivity index (χ2n) is 3.00. The third-order valence-corrected chi connectivity index (χ3v) is 1.71. The Hall–Kier alpha value is -1.10. The van der Waals surface area contributed by atoms with Crippen molar-refractivity contribution in [2.45, 2.75) is 32.7 Å². The Morgan fingerprint density at radius 3 is 2.43 bits per heavy atom. The molecule has 0 aliphatic carbocycles. The molecule has 5 heteroatoms. The van der Waals surface area contributed by atoms with Gasteiger partial charge in [0.1, 0.15) is 6.04 Å². The van der Waals surface area contributed by atoms with Crippen LogP contribution < -0.4 is 10.6 Å². The molecule has 0 aromatic rings. The van der Waals surface area contributed by atoms with Crippen molar-refractivity contribution in [3.8, 4) is 0 Å². The zero-order valence-electron chi connectivity index (χ0n) is 8.67. The summed E-state index contributed by atoms with van der Waals surface area (Å²) in [4.78, 5) is 21.8. The number of carboxylic acid groups (broad SMARTS) is 1. The van der Waals surface area contributed by atoms with E-state index in [1.165, 1.54) is 0 Å². The van der Waals surface area contributed by atoms with Crippen LogP contribution in [0.3, 0.4) is 0 Å². The van der Waals surface area contributed by atoms with Gasteiger partial charge in [0.25, 0.3) is 0 Å². The van der Waals surface area contributed by atoms with Gasteiger partial charge < -0.3 is 15.7 Å². The van der Waals surface area contributed by atoms with Gasteiger partial charge in [0, 0.05) is 6.54 Å². The van der Waals surface area contributed by atoms with Crippen LogP contribution in [0, 0.1) is 0 Å². The minimum atomic E-state index is -0.988. The summed E-state index contributed by atoms with van der Waals surface area (Å²) in [6, 6.07) is -0.781. The Labute approximate surface area is 83.9 Å². The monoisotopic (exact) mass is 202 g/mol. The van der Waals surface area contributed by atoms with E-state index in [-0.39, 0.29) is 12.3 Å². The highest BCUT2D eigenvalue weighted by atomic mass is 16.4. The topological polar surface area (TPSA) is 78.4 Å². The number of carbonyl (C=O) groups is 2. The fraction of sp³-hybridized carbons (Fsp3) is 0.778. The predicted octanol–water partition coefficient (Wildman–Crippen LogP) is -0.0346. The zero-order chi connectivity index (χ0) is 11.0. The molecule has 0 radical (unpaired) electrons. The van der Waals surface area contributed by atoms with Crippen molar-refractivity contribution in [3.63, 3.8) is 0 Å². The Bertz CT molecular complexity index is 194. The van der Waals surface area contributed by atoms with Crippen molar-refractivity contribution >= 4 is 11.9 Å². The van der Waals surface area contributed by atoms with Crippen LogP contribution in [0.4, 0.5) is 0 Å². The van der Waals surface area contributed by atoms with Gasteiger partial charge in [0.15, 0.2) is 0 Å². The lowest BCUT2D eigenvalue weighted by Gasteiger charge is -2.12. The summed E-state index contributed by atoms with van der Waals surface area (Å²) in [5.74, 6) is -1.21. The Kier molecular flexibility index (Phi) is 6.74. The van der Waals surface area contributed by atoms with Gasteiger partial charge in [-0.3, -0.25) is 9.59 Å². The highest BCUT2D eigenvalue weighted by Crippen LogP contribution is 1.92. The van der Waals surface area contributed by atoms with E-state index in [4.69, 9.17) is 5.11 Å². The van der Waals surface area contributed by atoms with Crippen LogP contribution in [-0.2, 0) is 9.59 Å². The molecule has 0 bridgehead atoms. The highest BCUT2D eigenvalue weighted by Gasteiger charge is 2.19. The van der Waals surface area contributed by atoms with Gasteiger partial charge in [-0.2, -0.15) is 0 Å². The van der Waals surface area contributed by atoms with Crippen LogP contribution in [0.2, 0.25) is 0 Å². The standard InChI is InChI=1S/C9H18N2O3/c1-3-5-11-8(12)6-7(9(13)14)10-4-2/h7,10H,3-6H2,1-2H3,(H,11,12)(H,13,14). The number of carboxylic acids is 1. The number of amides is 1. The largest absolute Gasteiger partial charge is 0.480 e. The normalized spacial score (nSPS) is 12.1. The molecule has 0 heterocycles. The molecular formula is C9H18N2O3. The predicted molar refractivity (Wildman–Crippen MR) is 53.0 cm³/mol. The van der Waals surface area contributed by atoms with Crippen molar-refractivity contribution < 1.29 is 14.7 Å². The van der Waals surface area contributed by atoms with Gasteiger partial charge in [-0.1, -0.05) is 13.8 Å². The Balaban J connectivity index is 3.90. The minimum absolute atomic E-state index is 0.0107. The number of rotatable bonds is 7. The molecule has 0 aromatic heterocycles. The molecule has 5 nitrogen and oxygen atoms in total. The average Bonchev–Trinajstić information content (AvgIpc) is 2.14. The van der Waals surface area contributed by atoms with Crippen LogP contribution in [0.15, 0.2) is 0 Å². The molecule has 0 aliphatic rings. The second-order valence-corrected chi connectivity index (χ2v) is 3.00. The van der Waals surface area contributed by atoms with Gasteiger partial charge in [-0.15, -0.1) is 0 Å². The van der Waals surface area contributed by atoms with Crippen LogP contribution in [0.5, 0.6) is 0 Å². The minimum Gasteiger partial charge on any atom is -0.480 e. The van der Waals surface area contributed by atoms with Gasteiger partial charge in [-0.25, -0.2) is 0 Å². The van der Waals surface area contributed by atoms with Gasteiger partial charge in [-0.05, 0) is 13.0 Å². The molecule has 14 heavy (non-hydrogen) atoms. The molecule has 0 aliphatic heterocycles. The number of carbonyl (C=O) groups excluding carboxylic acids is 1. The Morgan fingerprint density at radius 2 is 2.00 bits per heavy atom. The van der Waals surface area contributed by atoms with E-state index < -0.39 is 12.0 Å². The van der Waals surface area contributed by atoms with Crippen molar-refractivity contribution in [1.82, 2.24) is 10.6 Å². The van der Waals surface area contributed by atoms with Crippen molar-refractivity contribution in [2.24, 2.45) is 0 Å². The molecule has 1 unspecified atom stereocenters. The maximum absolute atomic E-state index is 11.2. The average molecular weight is 202 g/mol. The molecule has 1 amide bonds. The first kappa shape index (κ1) is 12.9. The molecule has 0 rings (SSSR count). The van der Waals surface area contributed by atoms with Crippen molar-refractivity contribution in [3.05, 3.63) is 0 Å². The van der Waals surface area contributed by atoms with E-state index in [0.29, 0.717) is 13.1 Å². The quantitative estimate of drug-likeness (QED) is 0.541. The summed E-state index contributed by atoms with van der Waals surface area (Å²) in [6.45, 7) is 4.88. The smallest absolute Gasteiger partial charge is 0.321 e. The van der Waals surface area contributed by atoms with Crippen LogP contribution >= 0.6 is 0 Å². The molecule has 82 valence electrons. The van der Waals surface area contributed by atoms with E-state index in [1.807, 2.05) is 6.92 Å². The summed E-state index contributed by atoms with van der Waals surface area (Å²) in [6.07, 6.45) is 0.841. The SMILES string of the molecule is CCCNC(=O)CC(NCC)C(=O)O. The maximum atomic E-state index is 11.2. The van der Waals surface area contributed by atoms with Crippen LogP contribution in [-0.4, -0.2) is 36.1 Å². The first-order valence-corrected chi connectivity index (χ1v) is 4.84. The van der Waals surface area contributed by atoms with E-state index in [2.05, 4.69) is 10.6 Å². The zero-order valence-corrected chi connectivity index (χ0v) is 8.67. The van der Waals surface area contributed by atoms with E-state index in [1.54, 1.807) is 6.92 Å². The molecule has 0 aromatic carbocycles. The summed E-state index contributed by atoms with van der Waals surface area (Å²) in [7, 11) is 0. The first-order valence-electron chi connectivity index (χ1n) is 4.84. The molecular weight excluding hydrogens is 184 g/mol. The van der Waals surface area contributed by atoms with Crippen molar-refractivity contribution in [2.75, 3.05) is 13.1 Å². The van der Waals surface area contributed by atoms with E-state index in [0.717, 1.165) is 6.42 Å². The highest BCUT2D eigenvalue weighted by molar-refractivity contribution is 5.84. The van der Waals surface area contributed by atoms with Crippen LogP contribution in [0.1, 0.15) is 26.7 Å². The third-order valence-electron chi connectivity index (χ3n) is 1.71. The summed E-state index contributed by atoms with van der Waals surface area (Å²) in [5, 5.41) is 14.1. The fourth-order valence-electron chi connectivity index (χ4n) is 1.02. The molecule has 0 saturated carbocycles. The lowest BCUT2D eigenvalue weighted by Crippen LogP contribution is -2.41. The fourth-order valence-corrected chi connectivity index (χ4v) is 1.02. The number of nitrogens with one attached hydrogen (secondary N) is 2. The van der Waals surface area contributed by atoms with Gasteiger partial charge >= 0.3 is 5.97 Å². The number of aliphatic carboxylic acids is 1. The number of hydrogen-bond acceptors (Lipinski definition) is 3. The van der Waals surface area contributed by atoms with Crippen LogP contribution in [0.25, 0.3) is 0 Å². The lowest BCUT2D eigenvalue weighted by molar-refractivity contribution is -0.141. The second kappa shape index (κ2) is 7.32. The van der Waals surface area contributed by atoms with E-state index >= 15 is 0 Å². The third kappa shape index (κ3) is 5.53. The molecule has 0 saturated heterocycles. The summed E-state index contributed by atoms with van der Waals surface area (Å²) < 4.78 is 0. The first-order chi connectivity index (χ1) is 6.61. The van der Waals surface area contributed by atoms with Gasteiger partial charge in [0.05, 0.1) is 6.42 Å². The van der Waals surface area contributed by atoms with Gasteiger partial charge in [0.2, 0.25) is 5.91 Å². The maximum Gasteiger partial charge on any atom is 0.321 e. The summed E-state index contributed by atoms with van der Waals surface area (Å²) in [5.41, 5.74) is 0. The summed E-state index contributed by atoms with van der Waals surface area (Å²) >= 11 is 0. The van der Waals surface area contributed by atoms with Crippen molar-refractivity contribution in [1.29, 1.82) is 0 Å². The van der Waals surface area contributed by atoms with E-state index in [9.17, 15) is 9.59 Å². The lowest BCUT2D eigenvalue weighted by atomic mass is 10.2. The molecule has 3 N–H and O–H groups in total. The number of likely N-dealkylation sites (N-methyl/N-ethyl adjacent to an activating group) is 1. The Morgan fingerprint density at radius 1 is 1.36 bits per heavy atom. The molecule has 0 spiro atoms. The molecule has 1 atom stereocenters. The number of hydrogen-bond donors (Lipinski definition) is 3. The molecule has 0 fully saturated rings.